The van der Waals surface area contributed by atoms with Crippen molar-refractivity contribution in [1.29, 1.82) is 5.26 Å². The van der Waals surface area contributed by atoms with E-state index in [0.29, 0.717) is 17.2 Å². The van der Waals surface area contributed by atoms with Crippen molar-refractivity contribution in [3.05, 3.63) is 16.4 Å². The fourth-order valence-electron chi connectivity index (χ4n) is 1.61. The first-order valence-corrected chi connectivity index (χ1v) is 7.70. The van der Waals surface area contributed by atoms with Gasteiger partial charge in [0.25, 0.3) is 0 Å². The molecule has 0 aliphatic heterocycles. The number of hydrogen-bond acceptors (Lipinski definition) is 4. The van der Waals surface area contributed by atoms with Crippen LogP contribution in [0.15, 0.2) is 0 Å². The van der Waals surface area contributed by atoms with Crippen molar-refractivity contribution in [1.82, 2.24) is 9.78 Å². The van der Waals surface area contributed by atoms with Crippen LogP contribution in [0.5, 0.6) is 0 Å². The van der Waals surface area contributed by atoms with E-state index in [-0.39, 0.29) is 17.5 Å². The number of nitriles is 1. The van der Waals surface area contributed by atoms with Crippen molar-refractivity contribution in [3.8, 4) is 6.07 Å². The van der Waals surface area contributed by atoms with Gasteiger partial charge >= 0.3 is 0 Å². The Kier molecular flexibility index (Phi) is 3.15. The van der Waals surface area contributed by atoms with Crippen molar-refractivity contribution in [2.24, 2.45) is 0 Å². The van der Waals surface area contributed by atoms with E-state index in [0.717, 1.165) is 19.1 Å². The first-order valence-electron chi connectivity index (χ1n) is 5.26. The number of halogens is 1. The van der Waals surface area contributed by atoms with E-state index >= 15 is 0 Å². The fourth-order valence-corrected chi connectivity index (χ4v) is 2.37. The highest BCUT2D eigenvalue weighted by Crippen LogP contribution is 2.42. The lowest BCUT2D eigenvalue weighted by Crippen LogP contribution is -2.12. The smallest absolute Gasteiger partial charge is 0.149 e. The minimum Gasteiger partial charge on any atom is -0.251 e. The second kappa shape index (κ2) is 4.31. The van der Waals surface area contributed by atoms with Gasteiger partial charge in [0.1, 0.15) is 26.6 Å². The van der Waals surface area contributed by atoms with Gasteiger partial charge in [-0.3, -0.25) is 4.68 Å². The van der Waals surface area contributed by atoms with Crippen LogP contribution in [0.3, 0.4) is 0 Å². The molecule has 0 N–H and O–H groups in total. The van der Waals surface area contributed by atoms with Crippen LogP contribution in [0.25, 0.3) is 0 Å². The van der Waals surface area contributed by atoms with Crippen LogP contribution >= 0.6 is 11.6 Å². The second-order valence-corrected chi connectivity index (χ2v) is 6.91. The average Bonchev–Trinajstić information content (AvgIpc) is 3.00. The molecule has 0 bridgehead atoms. The van der Waals surface area contributed by atoms with Gasteiger partial charge in [0.05, 0.1) is 18.0 Å². The zero-order chi connectivity index (χ0) is 12.6. The van der Waals surface area contributed by atoms with Crippen molar-refractivity contribution in [2.45, 2.75) is 25.3 Å². The Labute approximate surface area is 105 Å². The predicted octanol–water partition coefficient (Wildman–Crippen LogP) is 1.33. The molecule has 1 heterocycles. The average molecular weight is 274 g/mol. The normalized spacial score (nSPS) is 15.8. The molecule has 0 saturated heterocycles. The lowest BCUT2D eigenvalue weighted by molar-refractivity contribution is 0.584. The van der Waals surface area contributed by atoms with Crippen molar-refractivity contribution in [2.75, 3.05) is 12.0 Å². The van der Waals surface area contributed by atoms with Gasteiger partial charge in [0.2, 0.25) is 0 Å². The molecule has 5 nitrogen and oxygen atoms in total. The molecule has 1 fully saturated rings. The molecular formula is C10H12ClN3O2S. The summed E-state index contributed by atoms with van der Waals surface area (Å²) in [4.78, 5) is 0. The molecule has 0 aromatic carbocycles. The van der Waals surface area contributed by atoms with E-state index in [9.17, 15) is 8.42 Å². The number of aryl methyl sites for hydroxylation is 1. The Morgan fingerprint density at radius 1 is 1.59 bits per heavy atom. The summed E-state index contributed by atoms with van der Waals surface area (Å²) < 4.78 is 23.6. The van der Waals surface area contributed by atoms with E-state index in [4.69, 9.17) is 16.9 Å². The van der Waals surface area contributed by atoms with Gasteiger partial charge in [0.15, 0.2) is 0 Å². The van der Waals surface area contributed by atoms with Gasteiger partial charge in [-0.2, -0.15) is 10.4 Å². The third-order valence-electron chi connectivity index (χ3n) is 2.67. The predicted molar refractivity (Wildman–Crippen MR) is 63.6 cm³/mol. The molecule has 0 amide bonds. The first kappa shape index (κ1) is 12.4. The molecule has 1 aromatic heterocycles. The minimum absolute atomic E-state index is 0.0244. The van der Waals surface area contributed by atoms with E-state index in [1.165, 1.54) is 4.68 Å². The Morgan fingerprint density at radius 2 is 2.24 bits per heavy atom. The molecule has 2 rings (SSSR count). The van der Waals surface area contributed by atoms with Gasteiger partial charge in [-0.15, -0.1) is 0 Å². The zero-order valence-electron chi connectivity index (χ0n) is 9.35. The van der Waals surface area contributed by atoms with Crippen LogP contribution in [-0.4, -0.2) is 30.2 Å². The van der Waals surface area contributed by atoms with Crippen LogP contribution in [-0.2, 0) is 16.4 Å². The maximum atomic E-state index is 11.1. The summed E-state index contributed by atoms with van der Waals surface area (Å²) >= 11 is 6.01. The molecule has 0 radical (unpaired) electrons. The van der Waals surface area contributed by atoms with E-state index in [1.807, 2.05) is 6.07 Å². The summed E-state index contributed by atoms with van der Waals surface area (Å²) in [5.41, 5.74) is 1.11. The summed E-state index contributed by atoms with van der Waals surface area (Å²) in [6.07, 6.45) is 3.21. The molecule has 0 spiro atoms. The largest absolute Gasteiger partial charge is 0.251 e. The van der Waals surface area contributed by atoms with Gasteiger partial charge in [-0.25, -0.2) is 8.42 Å². The summed E-state index contributed by atoms with van der Waals surface area (Å²) in [7, 11) is -3.06. The van der Waals surface area contributed by atoms with Gasteiger partial charge < -0.3 is 0 Å². The highest BCUT2D eigenvalue weighted by atomic mass is 35.5. The van der Waals surface area contributed by atoms with Gasteiger partial charge in [0, 0.05) is 12.2 Å². The quantitative estimate of drug-likeness (QED) is 0.829. The summed E-state index contributed by atoms with van der Waals surface area (Å²) in [6.45, 7) is 0.194. The SMILES string of the molecule is CS(=O)(=O)CCn1nc(C2CC2)c(C#N)c1Cl. The number of hydrogen-bond donors (Lipinski definition) is 0. The molecule has 7 heteroatoms. The molecule has 92 valence electrons. The Bertz CT molecular complexity index is 581. The molecule has 0 unspecified atom stereocenters. The molecule has 1 aromatic rings. The third kappa shape index (κ3) is 2.79. The summed E-state index contributed by atoms with van der Waals surface area (Å²) in [5.74, 6) is 0.297. The number of rotatable bonds is 4. The molecule has 1 saturated carbocycles. The molecule has 1 aliphatic carbocycles. The minimum atomic E-state index is -3.06. The highest BCUT2D eigenvalue weighted by Gasteiger charge is 2.31. The van der Waals surface area contributed by atoms with E-state index in [1.54, 1.807) is 0 Å². The molecule has 17 heavy (non-hydrogen) atoms. The van der Waals surface area contributed by atoms with Gasteiger partial charge in [-0.05, 0) is 12.8 Å². The Hall–Kier alpha value is -1.06. The van der Waals surface area contributed by atoms with E-state index in [2.05, 4.69) is 5.10 Å². The van der Waals surface area contributed by atoms with Gasteiger partial charge in [-0.1, -0.05) is 11.6 Å². The maximum Gasteiger partial charge on any atom is 0.149 e. The Morgan fingerprint density at radius 3 is 2.71 bits per heavy atom. The van der Waals surface area contributed by atoms with E-state index < -0.39 is 9.84 Å². The van der Waals surface area contributed by atoms with Crippen LogP contribution in [0.4, 0.5) is 0 Å². The molecule has 1 aliphatic rings. The lowest BCUT2D eigenvalue weighted by atomic mass is 10.2. The third-order valence-corrected chi connectivity index (χ3v) is 3.98. The Balaban J connectivity index is 2.26. The van der Waals surface area contributed by atoms with Crippen molar-refractivity contribution < 1.29 is 8.42 Å². The van der Waals surface area contributed by atoms with Crippen LogP contribution < -0.4 is 0 Å². The van der Waals surface area contributed by atoms with Crippen LogP contribution in [0.2, 0.25) is 5.15 Å². The van der Waals surface area contributed by atoms with Crippen molar-refractivity contribution >= 4 is 21.4 Å². The zero-order valence-corrected chi connectivity index (χ0v) is 10.9. The monoisotopic (exact) mass is 273 g/mol. The maximum absolute atomic E-state index is 11.1. The first-order chi connectivity index (χ1) is 7.92. The summed E-state index contributed by atoms with van der Waals surface area (Å²) in [6, 6.07) is 2.04. The van der Waals surface area contributed by atoms with Crippen LogP contribution in [0, 0.1) is 11.3 Å². The molecular weight excluding hydrogens is 262 g/mol. The second-order valence-electron chi connectivity index (χ2n) is 4.29. The number of sulfone groups is 1. The summed E-state index contributed by atoms with van der Waals surface area (Å²) in [5, 5.41) is 13.5. The highest BCUT2D eigenvalue weighted by molar-refractivity contribution is 7.90. The topological polar surface area (TPSA) is 75.8 Å². The van der Waals surface area contributed by atoms with Crippen LogP contribution in [0.1, 0.15) is 30.0 Å². The van der Waals surface area contributed by atoms with Crippen molar-refractivity contribution in [3.63, 3.8) is 0 Å². The lowest BCUT2D eigenvalue weighted by Gasteiger charge is -2.01. The molecule has 0 atom stereocenters. The number of nitrogens with zero attached hydrogens (tertiary/aromatic N) is 3. The fraction of sp³-hybridized carbons (Fsp3) is 0.600. The standard InChI is InChI=1S/C10H12ClN3O2S/c1-17(15,16)5-4-14-10(11)8(6-12)9(13-14)7-2-3-7/h7H,2-5H2,1H3. The number of aromatic nitrogens is 2.